The van der Waals surface area contributed by atoms with Gasteiger partial charge in [0.2, 0.25) is 15.9 Å². The lowest BCUT2D eigenvalue weighted by molar-refractivity contribution is -0.129. The highest BCUT2D eigenvalue weighted by molar-refractivity contribution is 7.89. The van der Waals surface area contributed by atoms with Crippen molar-refractivity contribution in [2.45, 2.75) is 32.2 Å². The maximum Gasteiger partial charge on any atom is 0.240 e. The summed E-state index contributed by atoms with van der Waals surface area (Å²) in [5.41, 5.74) is 2.52. The molecule has 0 aliphatic rings. The predicted octanol–water partition coefficient (Wildman–Crippen LogP) is 3.28. The van der Waals surface area contributed by atoms with Crippen LogP contribution in [0.5, 0.6) is 0 Å². The molecule has 0 bridgehead atoms. The molecule has 140 valence electrons. The molecule has 0 spiro atoms. The van der Waals surface area contributed by atoms with Crippen LogP contribution in [0, 0.1) is 13.8 Å². The molecule has 2 aromatic rings. The SMILES string of the molecule is CC(=O)N(CCNS(=O)(=O)c1ccc(C)cc1C)Cc1ccccc1Cl. The van der Waals surface area contributed by atoms with Gasteiger partial charge in [-0.05, 0) is 37.1 Å². The van der Waals surface area contributed by atoms with Gasteiger partial charge in [-0.1, -0.05) is 47.5 Å². The van der Waals surface area contributed by atoms with E-state index < -0.39 is 10.0 Å². The fourth-order valence-electron chi connectivity index (χ4n) is 2.67. The summed E-state index contributed by atoms with van der Waals surface area (Å²) >= 11 is 6.14. The average molecular weight is 395 g/mol. The Bertz CT molecular complexity index is 897. The molecule has 0 saturated carbocycles. The highest BCUT2D eigenvalue weighted by Crippen LogP contribution is 2.18. The Morgan fingerprint density at radius 1 is 1.15 bits per heavy atom. The van der Waals surface area contributed by atoms with Crippen LogP contribution in [0.3, 0.4) is 0 Å². The highest BCUT2D eigenvalue weighted by atomic mass is 35.5. The number of nitrogens with zero attached hydrogens (tertiary/aromatic N) is 1. The van der Waals surface area contributed by atoms with Gasteiger partial charge in [0.25, 0.3) is 0 Å². The first-order valence-electron chi connectivity index (χ1n) is 8.26. The summed E-state index contributed by atoms with van der Waals surface area (Å²) in [6.07, 6.45) is 0. The Hall–Kier alpha value is -1.89. The molecule has 26 heavy (non-hydrogen) atoms. The van der Waals surface area contributed by atoms with Crippen molar-refractivity contribution in [2.75, 3.05) is 13.1 Å². The van der Waals surface area contributed by atoms with Crippen molar-refractivity contribution >= 4 is 27.5 Å². The minimum atomic E-state index is -3.62. The second-order valence-corrected chi connectivity index (χ2v) is 8.34. The number of nitrogens with one attached hydrogen (secondary N) is 1. The molecule has 1 amide bonds. The largest absolute Gasteiger partial charge is 0.337 e. The van der Waals surface area contributed by atoms with Gasteiger partial charge in [-0.15, -0.1) is 0 Å². The molecule has 2 rings (SSSR count). The zero-order chi connectivity index (χ0) is 19.3. The van der Waals surface area contributed by atoms with Gasteiger partial charge in [-0.2, -0.15) is 0 Å². The maximum atomic E-state index is 12.5. The van der Waals surface area contributed by atoms with Crippen LogP contribution < -0.4 is 4.72 Å². The van der Waals surface area contributed by atoms with Crippen LogP contribution in [0.25, 0.3) is 0 Å². The third-order valence-electron chi connectivity index (χ3n) is 4.06. The molecule has 1 N–H and O–H groups in total. The van der Waals surface area contributed by atoms with Crippen molar-refractivity contribution in [1.82, 2.24) is 9.62 Å². The van der Waals surface area contributed by atoms with Crippen LogP contribution >= 0.6 is 11.6 Å². The van der Waals surface area contributed by atoms with Gasteiger partial charge in [-0.3, -0.25) is 4.79 Å². The number of sulfonamides is 1. The molecule has 0 aliphatic carbocycles. The quantitative estimate of drug-likeness (QED) is 0.783. The first-order valence-corrected chi connectivity index (χ1v) is 10.1. The Morgan fingerprint density at radius 2 is 1.85 bits per heavy atom. The summed E-state index contributed by atoms with van der Waals surface area (Å²) in [6.45, 7) is 5.84. The lowest BCUT2D eigenvalue weighted by Crippen LogP contribution is -2.37. The first-order chi connectivity index (χ1) is 12.2. The van der Waals surface area contributed by atoms with E-state index in [4.69, 9.17) is 11.6 Å². The van der Waals surface area contributed by atoms with E-state index in [2.05, 4.69) is 4.72 Å². The maximum absolute atomic E-state index is 12.5. The summed E-state index contributed by atoms with van der Waals surface area (Å²) in [4.78, 5) is 13.7. The molecule has 5 nitrogen and oxygen atoms in total. The molecule has 0 heterocycles. The third kappa shape index (κ3) is 5.30. The van der Waals surface area contributed by atoms with Gasteiger partial charge in [-0.25, -0.2) is 13.1 Å². The van der Waals surface area contributed by atoms with Crippen LogP contribution in [0.2, 0.25) is 5.02 Å². The minimum Gasteiger partial charge on any atom is -0.337 e. The second-order valence-electron chi connectivity index (χ2n) is 6.20. The van der Waals surface area contributed by atoms with Gasteiger partial charge in [0, 0.05) is 31.6 Å². The molecule has 0 aliphatic heterocycles. The summed E-state index contributed by atoms with van der Waals surface area (Å²) < 4.78 is 27.6. The lowest BCUT2D eigenvalue weighted by atomic mass is 10.2. The van der Waals surface area contributed by atoms with E-state index in [1.54, 1.807) is 30.0 Å². The number of hydrogen-bond acceptors (Lipinski definition) is 3. The van der Waals surface area contributed by atoms with Gasteiger partial charge >= 0.3 is 0 Å². The molecule has 0 saturated heterocycles. The van der Waals surface area contributed by atoms with Gasteiger partial charge < -0.3 is 4.90 Å². The molecule has 0 atom stereocenters. The lowest BCUT2D eigenvalue weighted by Gasteiger charge is -2.22. The summed E-state index contributed by atoms with van der Waals surface area (Å²) in [5.74, 6) is -0.143. The van der Waals surface area contributed by atoms with E-state index in [1.165, 1.54) is 6.92 Å². The molecule has 0 radical (unpaired) electrons. The summed E-state index contributed by atoms with van der Waals surface area (Å²) in [7, 11) is -3.62. The number of rotatable bonds is 7. The zero-order valence-electron chi connectivity index (χ0n) is 15.1. The minimum absolute atomic E-state index is 0.125. The van der Waals surface area contributed by atoms with Crippen molar-refractivity contribution in [3.05, 3.63) is 64.2 Å². The topological polar surface area (TPSA) is 66.5 Å². The van der Waals surface area contributed by atoms with Crippen molar-refractivity contribution in [3.8, 4) is 0 Å². The fourth-order valence-corrected chi connectivity index (χ4v) is 4.11. The van der Waals surface area contributed by atoms with E-state index in [-0.39, 0.29) is 23.9 Å². The normalized spacial score (nSPS) is 11.4. The zero-order valence-corrected chi connectivity index (χ0v) is 16.7. The summed E-state index contributed by atoms with van der Waals surface area (Å²) in [6, 6.07) is 12.5. The van der Waals surface area contributed by atoms with Crippen LogP contribution in [-0.2, 0) is 21.4 Å². The van der Waals surface area contributed by atoms with Crippen LogP contribution in [0.4, 0.5) is 0 Å². The average Bonchev–Trinajstić information content (AvgIpc) is 2.55. The third-order valence-corrected chi connectivity index (χ3v) is 6.05. The second kappa shape index (κ2) is 8.66. The number of amides is 1. The number of halogens is 1. The predicted molar refractivity (Wildman–Crippen MR) is 104 cm³/mol. The molecule has 0 unspecified atom stereocenters. The molecule has 2 aromatic carbocycles. The summed E-state index contributed by atoms with van der Waals surface area (Å²) in [5, 5.41) is 0.578. The van der Waals surface area contributed by atoms with E-state index in [1.807, 2.05) is 31.2 Å². The Balaban J connectivity index is 2.03. The molecule has 0 aromatic heterocycles. The Labute approximate surface area is 160 Å². The Morgan fingerprint density at radius 3 is 2.46 bits per heavy atom. The van der Waals surface area contributed by atoms with E-state index >= 15 is 0 Å². The van der Waals surface area contributed by atoms with Crippen molar-refractivity contribution in [3.63, 3.8) is 0 Å². The number of benzene rings is 2. The van der Waals surface area contributed by atoms with Crippen LogP contribution in [0.1, 0.15) is 23.6 Å². The smallest absolute Gasteiger partial charge is 0.240 e. The van der Waals surface area contributed by atoms with Crippen molar-refractivity contribution < 1.29 is 13.2 Å². The standard InChI is InChI=1S/C19H23ClN2O3S/c1-14-8-9-19(15(2)12-14)26(24,25)21-10-11-22(16(3)23)13-17-6-4-5-7-18(17)20/h4-9,12,21H,10-11,13H2,1-3H3. The monoisotopic (exact) mass is 394 g/mol. The molecular formula is C19H23ClN2O3S. The van der Waals surface area contributed by atoms with E-state index in [0.29, 0.717) is 17.1 Å². The highest BCUT2D eigenvalue weighted by Gasteiger charge is 2.18. The molecule has 7 heteroatoms. The van der Waals surface area contributed by atoms with E-state index in [0.717, 1.165) is 11.1 Å². The van der Waals surface area contributed by atoms with Gasteiger partial charge in [0.15, 0.2) is 0 Å². The molecule has 0 fully saturated rings. The van der Waals surface area contributed by atoms with Crippen molar-refractivity contribution in [1.29, 1.82) is 0 Å². The Kier molecular flexibility index (Phi) is 6.81. The van der Waals surface area contributed by atoms with Gasteiger partial charge in [0.1, 0.15) is 0 Å². The van der Waals surface area contributed by atoms with E-state index in [9.17, 15) is 13.2 Å². The molecular weight excluding hydrogens is 372 g/mol. The van der Waals surface area contributed by atoms with Crippen molar-refractivity contribution in [2.24, 2.45) is 0 Å². The van der Waals surface area contributed by atoms with Crippen LogP contribution in [0.15, 0.2) is 47.4 Å². The number of aryl methyl sites for hydroxylation is 2. The number of carbonyl (C=O) groups excluding carboxylic acids is 1. The number of hydrogen-bond donors (Lipinski definition) is 1. The number of carbonyl (C=O) groups is 1. The fraction of sp³-hybridized carbons (Fsp3) is 0.316. The van der Waals surface area contributed by atoms with Crippen LogP contribution in [-0.4, -0.2) is 32.3 Å². The van der Waals surface area contributed by atoms with Gasteiger partial charge in [0.05, 0.1) is 4.90 Å². The first kappa shape index (κ1) is 20.4.